The van der Waals surface area contributed by atoms with Gasteiger partial charge in [0, 0.05) is 0 Å². The maximum absolute atomic E-state index is 11.8. The summed E-state index contributed by atoms with van der Waals surface area (Å²) >= 11 is 0. The van der Waals surface area contributed by atoms with Crippen molar-refractivity contribution in [1.29, 1.82) is 0 Å². The molecule has 0 aromatic heterocycles. The van der Waals surface area contributed by atoms with E-state index in [9.17, 15) is 56.2 Å². The Balaban J connectivity index is 0.000000128. The first kappa shape index (κ1) is 115. The second kappa shape index (κ2) is 44.9. The minimum atomic E-state index is -0.259. The fourth-order valence-corrected chi connectivity index (χ4v) is 45.6. The standard InChI is InChI=1S/C28H50O2.C26H46O3.3C26H46O2/c1-7-20-24-16-19(29)12-14-28(24,6)23-13-15-27(5)21(18(4)9-8-17(2)3)10-11-22(27)25(23)26(20)30;1-15(2)6-7-16(3)19-8-9-20-24-21(14-23(29)26(19,20)5)25(4)11-10-18(27)12-17(25)13-22(24)28;2*1-16(2)6-7-17(3)20-8-9-21-24-22(11-13-26(20,21)5)25(4)12-10-19(27)14-18(25)15-23(24)28;1-16(2)6-7-17(3)21-10-11-22-20-9-8-18-14-19(27)12-13-25(18,4)23(20)15-24(28)26(21,22)5/h17-26,29-30H,7-16H2,1-6H3;15-24,27-29H,6-14H2,1-5H3;3*16-24,27-28H,6-15H2,1-5H3/t18-,19-,20?,21-,22+,23+,24+,25+,26-,27-,28-;16-,17+,18-,19-,20+,21+,22-,23+,24+,25+,26-;17-,18+,19-,20-,21?,22?,23-,24?,25+,26-;17-,18+,19-,20-,21+,22+,23+,24+,25+,26-;17-,18-,19-,20?,21-,22?,23?,24+,25+,26-/m11111/s1. The van der Waals surface area contributed by atoms with Gasteiger partial charge in [-0.2, -0.15) is 0 Å². The molecule has 11 N–H and O–H groups in total. The highest BCUT2D eigenvalue weighted by Crippen LogP contribution is 2.77. The maximum Gasteiger partial charge on any atom is 0.0605 e. The molecule has 11 nitrogen and oxygen atoms in total. The molecule has 0 heterocycles. The zero-order valence-corrected chi connectivity index (χ0v) is 97.7. The van der Waals surface area contributed by atoms with E-state index in [2.05, 4.69) is 180 Å². The first-order valence-electron chi connectivity index (χ1n) is 63.7. The predicted octanol–water partition coefficient (Wildman–Crippen LogP) is 29.9. The third kappa shape index (κ3) is 21.2. The summed E-state index contributed by atoms with van der Waals surface area (Å²) in [7, 11) is 0. The van der Waals surface area contributed by atoms with Crippen LogP contribution in [-0.4, -0.2) is 123 Å². The molecule has 20 fully saturated rings. The van der Waals surface area contributed by atoms with Gasteiger partial charge in [0.1, 0.15) is 0 Å². The number of aliphatic hydroxyl groups is 11. The average Bonchev–Trinajstić information content (AvgIpc) is 1.64. The molecule has 143 heavy (non-hydrogen) atoms. The summed E-state index contributed by atoms with van der Waals surface area (Å²) in [5, 5.41) is 120. The van der Waals surface area contributed by atoms with Crippen LogP contribution in [0.1, 0.15) is 495 Å². The van der Waals surface area contributed by atoms with Gasteiger partial charge in [-0.05, 0) is 511 Å². The number of fused-ring (bicyclic) bond motifs is 25. The van der Waals surface area contributed by atoms with Gasteiger partial charge in [0.05, 0.1) is 67.1 Å². The van der Waals surface area contributed by atoms with Crippen molar-refractivity contribution in [3.05, 3.63) is 0 Å². The van der Waals surface area contributed by atoms with Crippen LogP contribution < -0.4 is 0 Å². The molecule has 20 rings (SSSR count). The molecule has 20 aliphatic rings. The predicted molar refractivity (Wildman–Crippen MR) is 590 cm³/mol. The van der Waals surface area contributed by atoms with Crippen LogP contribution in [0.15, 0.2) is 0 Å². The van der Waals surface area contributed by atoms with Crippen LogP contribution in [0.4, 0.5) is 0 Å². The third-order valence-corrected chi connectivity index (χ3v) is 54.0. The molecule has 0 bridgehead atoms. The summed E-state index contributed by atoms with van der Waals surface area (Å²) in [6.07, 6.45) is 56.3. The molecule has 52 atom stereocenters. The Morgan fingerprint density at radius 1 is 0.210 bits per heavy atom. The second-order valence-electron chi connectivity index (χ2n) is 62.7. The normalized spacial score (nSPS) is 52.3. The second-order valence-corrected chi connectivity index (χ2v) is 62.7. The van der Waals surface area contributed by atoms with Crippen molar-refractivity contribution >= 4 is 0 Å². The molecule has 20 aliphatic carbocycles. The van der Waals surface area contributed by atoms with E-state index in [1.165, 1.54) is 205 Å². The van der Waals surface area contributed by atoms with E-state index in [0.717, 1.165) is 204 Å². The van der Waals surface area contributed by atoms with E-state index < -0.39 is 0 Å². The summed E-state index contributed by atoms with van der Waals surface area (Å²) in [6.45, 7) is 63.4. The van der Waals surface area contributed by atoms with E-state index in [-0.39, 0.29) is 83.4 Å². The molecule has 0 aromatic carbocycles. The molecular formula is C132H234O11. The highest BCUT2D eigenvalue weighted by Gasteiger charge is 2.72. The van der Waals surface area contributed by atoms with Crippen LogP contribution in [0, 0.1) is 267 Å². The molecule has 828 valence electrons. The van der Waals surface area contributed by atoms with Crippen LogP contribution >= 0.6 is 0 Å². The Morgan fingerprint density at radius 3 is 0.839 bits per heavy atom. The Labute approximate surface area is 879 Å². The SMILES string of the molecule is CC(C)CC[C@@H](C)[C@H]1CCC2C3C(CC[C@@]21C)[C@@]1(C)CC[C@@H](O)C[C@H]1C[C@H]3O.CC(C)CC[C@@H](C)[C@H]1CCC2C3CC[C@@H]4C[C@H](O)CC[C@]4(C)C3C[C@H](O)[C@@]21C.CC(C)CC[C@@H](C)[C@H]1CC[C@H]2[C@@H]3[C@@H](O)C[C@@H]4C[C@H](O)CC[C@]4(C)[C@H]3CC[C@]12C.CC(C)CC[C@@H](C)[C@H]1CC[C@H]2[C@@H]3[C@H](O)C[C@@H]4C[C@H](O)CC[C@]4(C)[C@H]3C[C@H](O)[C@]12C.CCC1[C@@H](O)[C@@H]2[C@H](CC[C@]3(C)[C@@H]([C@H](C)CCC(C)C)CC[C@@H]23)[C@@]2(C)CC[C@@H](O)C[C@@H]12. The summed E-state index contributed by atoms with van der Waals surface area (Å²) in [6, 6.07) is 0. The highest BCUT2D eigenvalue weighted by atomic mass is 16.3. The third-order valence-electron chi connectivity index (χ3n) is 54.0. The van der Waals surface area contributed by atoms with E-state index in [1.807, 2.05) is 0 Å². The van der Waals surface area contributed by atoms with E-state index in [4.69, 9.17) is 0 Å². The summed E-state index contributed by atoms with van der Waals surface area (Å²) < 4.78 is 0. The maximum atomic E-state index is 11.8. The highest BCUT2D eigenvalue weighted by molar-refractivity contribution is 5.21. The number of aliphatic hydroxyl groups excluding tert-OH is 11. The Bertz CT molecular complexity index is 3920. The van der Waals surface area contributed by atoms with Gasteiger partial charge in [-0.25, -0.2) is 0 Å². The first-order valence-corrected chi connectivity index (χ1v) is 63.7. The number of hydrogen-bond acceptors (Lipinski definition) is 11. The lowest BCUT2D eigenvalue weighted by Gasteiger charge is -2.64. The van der Waals surface area contributed by atoms with Crippen molar-refractivity contribution < 1.29 is 56.2 Å². The zero-order valence-electron chi connectivity index (χ0n) is 97.7. The molecule has 0 aromatic rings. The largest absolute Gasteiger partial charge is 0.393 e. The molecule has 0 spiro atoms. The van der Waals surface area contributed by atoms with Crippen LogP contribution in [0.25, 0.3) is 0 Å². The Morgan fingerprint density at radius 2 is 0.476 bits per heavy atom. The Hall–Kier alpha value is -0.440. The van der Waals surface area contributed by atoms with Crippen molar-refractivity contribution in [2.45, 2.75) is 562 Å². The van der Waals surface area contributed by atoms with E-state index >= 15 is 0 Å². The lowest BCUT2D eigenvalue weighted by Crippen LogP contribution is -2.62. The van der Waals surface area contributed by atoms with Gasteiger partial charge in [0.15, 0.2) is 0 Å². The molecule has 7 unspecified atom stereocenters. The van der Waals surface area contributed by atoms with Crippen LogP contribution in [0.3, 0.4) is 0 Å². The van der Waals surface area contributed by atoms with Crippen LogP contribution in [0.2, 0.25) is 0 Å². The quantitative estimate of drug-likeness (QED) is 0.0519. The minimum Gasteiger partial charge on any atom is -0.393 e. The first-order chi connectivity index (χ1) is 67.2. The van der Waals surface area contributed by atoms with Gasteiger partial charge in [-0.3, -0.25) is 0 Å². The summed E-state index contributed by atoms with van der Waals surface area (Å²) in [4.78, 5) is 0. The number of rotatable bonds is 21. The molecule has 0 saturated heterocycles. The van der Waals surface area contributed by atoms with E-state index in [1.54, 1.807) is 0 Å². The van der Waals surface area contributed by atoms with Crippen molar-refractivity contribution in [1.82, 2.24) is 0 Å². The fraction of sp³-hybridized carbons (Fsp3) is 1.00. The minimum absolute atomic E-state index is 0.0457. The molecule has 0 aliphatic heterocycles. The zero-order chi connectivity index (χ0) is 104. The molecule has 11 heteroatoms. The lowest BCUT2D eigenvalue weighted by atomic mass is 9.41. The van der Waals surface area contributed by atoms with Gasteiger partial charge >= 0.3 is 0 Å². The topological polar surface area (TPSA) is 223 Å². The van der Waals surface area contributed by atoms with Gasteiger partial charge in [0.25, 0.3) is 0 Å². The molecule has 20 saturated carbocycles. The average molecular weight is 2000 g/mol. The molecule has 0 radical (unpaired) electrons. The smallest absolute Gasteiger partial charge is 0.0605 e. The van der Waals surface area contributed by atoms with Gasteiger partial charge < -0.3 is 56.2 Å². The van der Waals surface area contributed by atoms with Crippen LogP contribution in [-0.2, 0) is 0 Å². The van der Waals surface area contributed by atoms with Crippen molar-refractivity contribution in [2.24, 2.45) is 267 Å². The van der Waals surface area contributed by atoms with Crippen molar-refractivity contribution in [2.75, 3.05) is 0 Å². The molecule has 0 amide bonds. The van der Waals surface area contributed by atoms with Crippen molar-refractivity contribution in [3.8, 4) is 0 Å². The van der Waals surface area contributed by atoms with E-state index in [0.29, 0.717) is 156 Å². The monoisotopic (exact) mass is 2000 g/mol. The van der Waals surface area contributed by atoms with Gasteiger partial charge in [-0.1, -0.05) is 251 Å². The fourth-order valence-electron chi connectivity index (χ4n) is 45.6. The van der Waals surface area contributed by atoms with Gasteiger partial charge in [0.2, 0.25) is 0 Å². The van der Waals surface area contributed by atoms with Crippen molar-refractivity contribution in [3.63, 3.8) is 0 Å². The number of hydrogen-bond donors (Lipinski definition) is 11. The van der Waals surface area contributed by atoms with Gasteiger partial charge in [-0.15, -0.1) is 0 Å². The summed E-state index contributed by atoms with van der Waals surface area (Å²) in [5.41, 5.74) is 2.95. The van der Waals surface area contributed by atoms with Crippen LogP contribution in [0.5, 0.6) is 0 Å². The Kier molecular flexibility index (Phi) is 36.1. The summed E-state index contributed by atoms with van der Waals surface area (Å²) in [5.74, 6) is 23.7. The molecular weight excluding hydrogens is 1760 g/mol. The lowest BCUT2D eigenvalue weighted by molar-refractivity contribution is -0.207.